The van der Waals surface area contributed by atoms with Gasteiger partial charge in [0.1, 0.15) is 11.0 Å². The molecule has 3 rings (SSSR count). The average Bonchev–Trinajstić information content (AvgIpc) is 2.98. The Hall–Kier alpha value is -3.53. The summed E-state index contributed by atoms with van der Waals surface area (Å²) in [7, 11) is 1.43. The Bertz CT molecular complexity index is 990. The van der Waals surface area contributed by atoms with E-state index >= 15 is 0 Å². The molecule has 1 atom stereocenters. The second-order valence-electron chi connectivity index (χ2n) is 5.95. The van der Waals surface area contributed by atoms with Gasteiger partial charge in [0.25, 0.3) is 0 Å². The lowest BCUT2D eigenvalue weighted by Gasteiger charge is -2.15. The Balaban J connectivity index is 1.89. The summed E-state index contributed by atoms with van der Waals surface area (Å²) in [6, 6.07) is 10.5. The summed E-state index contributed by atoms with van der Waals surface area (Å²) in [6.45, 7) is 0. The summed E-state index contributed by atoms with van der Waals surface area (Å²) >= 11 is 1.00. The van der Waals surface area contributed by atoms with Crippen LogP contribution in [0.5, 0.6) is 17.2 Å². The van der Waals surface area contributed by atoms with Crippen molar-refractivity contribution < 1.29 is 29.6 Å². The van der Waals surface area contributed by atoms with Crippen LogP contribution in [-0.2, 0) is 9.59 Å². The molecule has 1 aliphatic rings. The highest BCUT2D eigenvalue weighted by Gasteiger charge is 2.40. The molecule has 2 aromatic rings. The topological polar surface area (TPSA) is 132 Å². The smallest absolute Gasteiger partial charge is 0.305 e. The van der Waals surface area contributed by atoms with Gasteiger partial charge in [0.05, 0.1) is 25.4 Å². The first-order valence-corrected chi connectivity index (χ1v) is 9.26. The summed E-state index contributed by atoms with van der Waals surface area (Å²) in [5.74, 6) is -1.22. The van der Waals surface area contributed by atoms with Crippen LogP contribution in [-0.4, -0.2) is 50.9 Å². The van der Waals surface area contributed by atoms with E-state index in [4.69, 9.17) is 9.84 Å². The van der Waals surface area contributed by atoms with E-state index in [-0.39, 0.29) is 28.8 Å². The molecule has 29 heavy (non-hydrogen) atoms. The minimum atomic E-state index is -1.09. The predicted molar refractivity (Wildman–Crippen MR) is 109 cm³/mol. The molecular formula is C19H17N3O6S. The Labute approximate surface area is 170 Å². The number of anilines is 1. The lowest BCUT2D eigenvalue weighted by Crippen LogP contribution is -2.32. The monoisotopic (exact) mass is 415 g/mol. The molecule has 0 saturated carbocycles. The third-order valence-corrected chi connectivity index (χ3v) is 5.08. The quantitative estimate of drug-likeness (QED) is 0.487. The fraction of sp³-hybridized carbons (Fsp3) is 0.158. The molecule has 0 radical (unpaired) electrons. The number of aliphatic carboxylic acids is 1. The highest BCUT2D eigenvalue weighted by atomic mass is 32.2. The minimum Gasteiger partial charge on any atom is -0.508 e. The van der Waals surface area contributed by atoms with Crippen LogP contribution in [0.3, 0.4) is 0 Å². The second-order valence-corrected chi connectivity index (χ2v) is 7.12. The van der Waals surface area contributed by atoms with Crippen LogP contribution >= 0.6 is 11.8 Å². The zero-order valence-corrected chi connectivity index (χ0v) is 16.0. The van der Waals surface area contributed by atoms with Gasteiger partial charge in [0.15, 0.2) is 16.7 Å². The molecule has 10 heteroatoms. The van der Waals surface area contributed by atoms with E-state index in [0.717, 1.165) is 11.8 Å². The van der Waals surface area contributed by atoms with Crippen LogP contribution in [0.25, 0.3) is 0 Å². The SMILES string of the molecule is COc1cc(/C=N\N=C2\S[C@@H](CC(=O)O)C(=O)N2c2ccc(O)cc2)ccc1O. The lowest BCUT2D eigenvalue weighted by atomic mass is 10.2. The molecule has 1 heterocycles. The van der Waals surface area contributed by atoms with Crippen LogP contribution in [0.1, 0.15) is 12.0 Å². The van der Waals surface area contributed by atoms with Crippen molar-refractivity contribution in [3.63, 3.8) is 0 Å². The summed E-state index contributed by atoms with van der Waals surface area (Å²) < 4.78 is 5.03. The molecule has 0 bridgehead atoms. The number of carboxylic acids is 1. The third-order valence-electron chi connectivity index (χ3n) is 3.96. The van der Waals surface area contributed by atoms with Gasteiger partial charge >= 0.3 is 5.97 Å². The number of phenolic OH excluding ortho intramolecular Hbond substituents is 2. The number of carbonyl (C=O) groups excluding carboxylic acids is 1. The molecule has 1 fully saturated rings. The van der Waals surface area contributed by atoms with Crippen LogP contribution in [0, 0.1) is 0 Å². The van der Waals surface area contributed by atoms with Crippen molar-refractivity contribution in [3.05, 3.63) is 48.0 Å². The van der Waals surface area contributed by atoms with Crippen LogP contribution < -0.4 is 9.64 Å². The zero-order valence-electron chi connectivity index (χ0n) is 15.2. The van der Waals surface area contributed by atoms with E-state index in [1.54, 1.807) is 12.1 Å². The molecular weight excluding hydrogens is 398 g/mol. The van der Waals surface area contributed by atoms with E-state index < -0.39 is 17.1 Å². The van der Waals surface area contributed by atoms with E-state index in [2.05, 4.69) is 10.2 Å². The molecule has 0 unspecified atom stereocenters. The number of thioether (sulfide) groups is 1. The zero-order chi connectivity index (χ0) is 21.0. The number of ether oxygens (including phenoxy) is 1. The molecule has 3 N–H and O–H groups in total. The number of methoxy groups -OCH3 is 1. The van der Waals surface area contributed by atoms with Gasteiger partial charge in [-0.15, -0.1) is 5.10 Å². The predicted octanol–water partition coefficient (Wildman–Crippen LogP) is 2.42. The molecule has 9 nitrogen and oxygen atoms in total. The van der Waals surface area contributed by atoms with Gasteiger partial charge in [-0.2, -0.15) is 5.10 Å². The molecule has 1 aliphatic heterocycles. The summed E-state index contributed by atoms with van der Waals surface area (Å²) in [4.78, 5) is 25.0. The van der Waals surface area contributed by atoms with Crippen molar-refractivity contribution in [3.8, 4) is 17.2 Å². The Kier molecular flexibility index (Phi) is 6.03. The molecule has 1 amide bonds. The maximum absolute atomic E-state index is 12.7. The lowest BCUT2D eigenvalue weighted by molar-refractivity contribution is -0.138. The molecule has 0 aliphatic carbocycles. The third kappa shape index (κ3) is 4.66. The fourth-order valence-corrected chi connectivity index (χ4v) is 3.66. The Morgan fingerprint density at radius 3 is 2.62 bits per heavy atom. The highest BCUT2D eigenvalue weighted by molar-refractivity contribution is 8.16. The van der Waals surface area contributed by atoms with Gasteiger partial charge < -0.3 is 20.1 Å². The van der Waals surface area contributed by atoms with Crippen LogP contribution in [0.4, 0.5) is 5.69 Å². The van der Waals surface area contributed by atoms with E-state index in [1.807, 2.05) is 0 Å². The summed E-state index contributed by atoms with van der Waals surface area (Å²) in [5, 5.41) is 35.6. The van der Waals surface area contributed by atoms with Crippen molar-refractivity contribution in [2.75, 3.05) is 12.0 Å². The number of nitrogens with zero attached hydrogens (tertiary/aromatic N) is 3. The molecule has 0 aromatic heterocycles. The van der Waals surface area contributed by atoms with Gasteiger partial charge in [0.2, 0.25) is 5.91 Å². The molecule has 150 valence electrons. The average molecular weight is 415 g/mol. The Morgan fingerprint density at radius 2 is 1.97 bits per heavy atom. The summed E-state index contributed by atoms with van der Waals surface area (Å²) in [6.07, 6.45) is 1.06. The van der Waals surface area contributed by atoms with Crippen molar-refractivity contribution in [1.29, 1.82) is 0 Å². The number of hydrogen-bond acceptors (Lipinski definition) is 8. The van der Waals surface area contributed by atoms with Gasteiger partial charge in [0, 0.05) is 0 Å². The number of carbonyl (C=O) groups is 2. The van der Waals surface area contributed by atoms with Crippen molar-refractivity contribution in [1.82, 2.24) is 0 Å². The first kappa shape index (κ1) is 20.2. The van der Waals surface area contributed by atoms with E-state index in [0.29, 0.717) is 11.3 Å². The van der Waals surface area contributed by atoms with Gasteiger partial charge in [-0.3, -0.25) is 14.5 Å². The van der Waals surface area contributed by atoms with Crippen molar-refractivity contribution >= 4 is 40.7 Å². The van der Waals surface area contributed by atoms with Gasteiger partial charge in [-0.05, 0) is 48.0 Å². The van der Waals surface area contributed by atoms with Crippen LogP contribution in [0.15, 0.2) is 52.7 Å². The van der Waals surface area contributed by atoms with Crippen LogP contribution in [0.2, 0.25) is 0 Å². The van der Waals surface area contributed by atoms with E-state index in [9.17, 15) is 19.8 Å². The second kappa shape index (κ2) is 8.65. The molecule has 2 aromatic carbocycles. The largest absolute Gasteiger partial charge is 0.508 e. The number of aromatic hydroxyl groups is 2. The normalized spacial score (nSPS) is 18.0. The number of rotatable bonds is 6. The number of carboxylic acid groups (broad SMARTS) is 1. The molecule has 1 saturated heterocycles. The first-order valence-electron chi connectivity index (χ1n) is 8.38. The molecule has 0 spiro atoms. The maximum Gasteiger partial charge on any atom is 0.305 e. The number of phenols is 2. The first-order chi connectivity index (χ1) is 13.9. The van der Waals surface area contributed by atoms with E-state index in [1.165, 1.54) is 48.6 Å². The maximum atomic E-state index is 12.7. The fourth-order valence-electron chi connectivity index (χ4n) is 2.58. The van der Waals surface area contributed by atoms with Crippen molar-refractivity contribution in [2.45, 2.75) is 11.7 Å². The summed E-state index contributed by atoms with van der Waals surface area (Å²) in [5.41, 5.74) is 1.05. The van der Waals surface area contributed by atoms with Gasteiger partial charge in [-0.1, -0.05) is 11.8 Å². The Morgan fingerprint density at radius 1 is 1.24 bits per heavy atom. The van der Waals surface area contributed by atoms with Gasteiger partial charge in [-0.25, -0.2) is 0 Å². The number of benzene rings is 2. The number of amides is 1. The number of amidine groups is 1. The van der Waals surface area contributed by atoms with Crippen molar-refractivity contribution in [2.24, 2.45) is 10.2 Å². The number of hydrogen-bond donors (Lipinski definition) is 3. The standard InChI is InChI=1S/C19H17N3O6S/c1-28-15-8-11(2-7-14(15)24)10-20-21-19-22(12-3-5-13(23)6-4-12)18(27)16(29-19)9-17(25)26/h2-8,10,16,23-24H,9H2,1H3,(H,25,26)/b20-10-,21-19+/t16-/m0/s1. The minimum absolute atomic E-state index is 0.0112. The highest BCUT2D eigenvalue weighted by Crippen LogP contribution is 2.34.